The van der Waals surface area contributed by atoms with Crippen molar-refractivity contribution in [3.05, 3.63) is 29.8 Å². The highest BCUT2D eigenvalue weighted by molar-refractivity contribution is 5.68. The molecule has 1 aromatic carbocycles. The minimum absolute atomic E-state index is 0.148. The summed E-state index contributed by atoms with van der Waals surface area (Å²) < 4.78 is 11.0. The third kappa shape index (κ3) is 3.96. The predicted molar refractivity (Wildman–Crippen MR) is 90.8 cm³/mol. The molecule has 23 heavy (non-hydrogen) atoms. The summed E-state index contributed by atoms with van der Waals surface area (Å²) in [6, 6.07) is 8.01. The van der Waals surface area contributed by atoms with Gasteiger partial charge in [-0.05, 0) is 39.7 Å². The van der Waals surface area contributed by atoms with E-state index in [-0.39, 0.29) is 11.5 Å². The molecule has 1 saturated heterocycles. The zero-order valence-corrected chi connectivity index (χ0v) is 14.6. The molecule has 0 bridgehead atoms. The molecule has 1 amide bonds. The third-order valence-corrected chi connectivity index (χ3v) is 4.44. The number of para-hydroxylation sites is 1. The normalized spacial score (nSPS) is 17.7. The summed E-state index contributed by atoms with van der Waals surface area (Å²) in [6.45, 7) is 7.47. The van der Waals surface area contributed by atoms with E-state index in [1.807, 2.05) is 39.0 Å². The van der Waals surface area contributed by atoms with Gasteiger partial charge in [-0.2, -0.15) is 0 Å². The van der Waals surface area contributed by atoms with Crippen LogP contribution in [0.25, 0.3) is 0 Å². The van der Waals surface area contributed by atoms with Crippen LogP contribution in [0.4, 0.5) is 4.79 Å². The van der Waals surface area contributed by atoms with Crippen molar-refractivity contribution in [2.75, 3.05) is 26.7 Å². The van der Waals surface area contributed by atoms with Crippen LogP contribution in [-0.2, 0) is 10.2 Å². The summed E-state index contributed by atoms with van der Waals surface area (Å²) in [6.07, 6.45) is 1.37. The Balaban J connectivity index is 2.12. The van der Waals surface area contributed by atoms with Crippen LogP contribution in [0, 0.1) is 0 Å². The average Bonchev–Trinajstić information content (AvgIpc) is 2.53. The molecule has 0 spiro atoms. The lowest BCUT2D eigenvalue weighted by Crippen LogP contribution is -2.49. The number of methoxy groups -OCH3 is 1. The maximum Gasteiger partial charge on any atom is 0.410 e. The molecule has 1 aromatic rings. The Morgan fingerprint density at radius 2 is 1.87 bits per heavy atom. The lowest BCUT2D eigenvalue weighted by molar-refractivity contribution is 0.0166. The molecule has 0 radical (unpaired) electrons. The molecule has 1 aliphatic rings. The van der Waals surface area contributed by atoms with Crippen LogP contribution in [0.2, 0.25) is 0 Å². The Morgan fingerprint density at radius 3 is 2.39 bits per heavy atom. The summed E-state index contributed by atoms with van der Waals surface area (Å²) in [4.78, 5) is 14.0. The number of amides is 1. The molecule has 0 atom stereocenters. The van der Waals surface area contributed by atoms with Gasteiger partial charge in [0.2, 0.25) is 0 Å². The molecule has 0 aliphatic carbocycles. The van der Waals surface area contributed by atoms with Crippen molar-refractivity contribution >= 4 is 6.09 Å². The first kappa shape index (κ1) is 17.6. The number of hydrogen-bond acceptors (Lipinski definition) is 4. The van der Waals surface area contributed by atoms with Crippen molar-refractivity contribution in [1.82, 2.24) is 4.90 Å². The van der Waals surface area contributed by atoms with Gasteiger partial charge in [0.1, 0.15) is 11.4 Å². The molecule has 1 aliphatic heterocycles. The standard InChI is InChI=1S/C18H28N2O3/c1-17(2,3)23-16(21)20-11-9-18(13-19,10-12-20)14-7-5-6-8-15(14)22-4/h5-8H,9-13,19H2,1-4H3. The van der Waals surface area contributed by atoms with E-state index in [1.165, 1.54) is 0 Å². The molecule has 0 saturated carbocycles. The van der Waals surface area contributed by atoms with Crippen LogP contribution in [-0.4, -0.2) is 43.3 Å². The molecular weight excluding hydrogens is 292 g/mol. The molecule has 2 N–H and O–H groups in total. The van der Waals surface area contributed by atoms with Gasteiger partial charge in [-0.1, -0.05) is 18.2 Å². The zero-order chi connectivity index (χ0) is 17.1. The first-order valence-electron chi connectivity index (χ1n) is 8.13. The molecule has 1 heterocycles. The van der Waals surface area contributed by atoms with E-state index in [1.54, 1.807) is 12.0 Å². The predicted octanol–water partition coefficient (Wildman–Crippen LogP) is 2.92. The van der Waals surface area contributed by atoms with Crippen molar-refractivity contribution in [3.8, 4) is 5.75 Å². The van der Waals surface area contributed by atoms with E-state index in [2.05, 4.69) is 6.07 Å². The van der Waals surface area contributed by atoms with Gasteiger partial charge in [-0.15, -0.1) is 0 Å². The number of rotatable bonds is 3. The number of nitrogens with two attached hydrogens (primary N) is 1. The molecule has 0 unspecified atom stereocenters. The van der Waals surface area contributed by atoms with E-state index in [0.29, 0.717) is 19.6 Å². The fourth-order valence-electron chi connectivity index (χ4n) is 3.11. The molecular formula is C18H28N2O3. The minimum atomic E-state index is -0.470. The number of benzene rings is 1. The summed E-state index contributed by atoms with van der Waals surface area (Å²) >= 11 is 0. The van der Waals surface area contributed by atoms with Gasteiger partial charge in [0, 0.05) is 30.6 Å². The van der Waals surface area contributed by atoms with E-state index >= 15 is 0 Å². The van der Waals surface area contributed by atoms with Gasteiger partial charge in [-0.25, -0.2) is 4.79 Å². The number of piperidine rings is 1. The molecule has 128 valence electrons. The lowest BCUT2D eigenvalue weighted by atomic mass is 9.72. The maximum absolute atomic E-state index is 12.2. The molecule has 5 nitrogen and oxygen atoms in total. The second-order valence-electron chi connectivity index (χ2n) is 7.15. The van der Waals surface area contributed by atoms with Crippen LogP contribution in [0.1, 0.15) is 39.2 Å². The number of ether oxygens (including phenoxy) is 2. The number of nitrogens with zero attached hydrogens (tertiary/aromatic N) is 1. The fraction of sp³-hybridized carbons (Fsp3) is 0.611. The molecule has 1 fully saturated rings. The van der Waals surface area contributed by atoms with Gasteiger partial charge in [0.05, 0.1) is 7.11 Å². The Hall–Kier alpha value is -1.75. The highest BCUT2D eigenvalue weighted by atomic mass is 16.6. The van der Waals surface area contributed by atoms with Gasteiger partial charge in [0.25, 0.3) is 0 Å². The Kier molecular flexibility index (Phi) is 5.19. The summed E-state index contributed by atoms with van der Waals surface area (Å²) in [7, 11) is 1.68. The Labute approximate surface area is 138 Å². The SMILES string of the molecule is COc1ccccc1C1(CN)CCN(C(=O)OC(C)(C)C)CC1. The highest BCUT2D eigenvalue weighted by Gasteiger charge is 2.39. The summed E-state index contributed by atoms with van der Waals surface area (Å²) in [5.41, 5.74) is 6.64. The Bertz CT molecular complexity index is 543. The summed E-state index contributed by atoms with van der Waals surface area (Å²) in [5, 5.41) is 0. The van der Waals surface area contributed by atoms with Gasteiger partial charge >= 0.3 is 6.09 Å². The van der Waals surface area contributed by atoms with Gasteiger partial charge in [-0.3, -0.25) is 0 Å². The van der Waals surface area contributed by atoms with E-state index in [4.69, 9.17) is 15.2 Å². The average molecular weight is 320 g/mol. The topological polar surface area (TPSA) is 64.8 Å². The minimum Gasteiger partial charge on any atom is -0.496 e. The third-order valence-electron chi connectivity index (χ3n) is 4.44. The first-order chi connectivity index (χ1) is 10.8. The van der Waals surface area contributed by atoms with Crippen molar-refractivity contribution in [3.63, 3.8) is 0 Å². The number of carbonyl (C=O) groups excluding carboxylic acids is 1. The Morgan fingerprint density at radius 1 is 1.26 bits per heavy atom. The quantitative estimate of drug-likeness (QED) is 0.930. The number of hydrogen-bond donors (Lipinski definition) is 1. The lowest BCUT2D eigenvalue weighted by Gasteiger charge is -2.42. The zero-order valence-electron chi connectivity index (χ0n) is 14.6. The van der Waals surface area contributed by atoms with Crippen molar-refractivity contribution in [2.24, 2.45) is 5.73 Å². The molecule has 2 rings (SSSR count). The monoisotopic (exact) mass is 320 g/mol. The molecule has 0 aromatic heterocycles. The van der Waals surface area contributed by atoms with Crippen molar-refractivity contribution in [2.45, 2.75) is 44.6 Å². The van der Waals surface area contributed by atoms with Crippen molar-refractivity contribution in [1.29, 1.82) is 0 Å². The second kappa shape index (κ2) is 6.79. The van der Waals surface area contributed by atoms with Crippen LogP contribution in [0.3, 0.4) is 0 Å². The van der Waals surface area contributed by atoms with Crippen LogP contribution < -0.4 is 10.5 Å². The van der Waals surface area contributed by atoms with Crippen LogP contribution in [0.15, 0.2) is 24.3 Å². The second-order valence-corrected chi connectivity index (χ2v) is 7.15. The fourth-order valence-corrected chi connectivity index (χ4v) is 3.11. The van der Waals surface area contributed by atoms with Gasteiger partial charge < -0.3 is 20.1 Å². The largest absolute Gasteiger partial charge is 0.496 e. The molecule has 5 heteroatoms. The van der Waals surface area contributed by atoms with Crippen LogP contribution in [0.5, 0.6) is 5.75 Å². The number of carbonyl (C=O) groups is 1. The first-order valence-corrected chi connectivity index (χ1v) is 8.13. The smallest absolute Gasteiger partial charge is 0.410 e. The van der Waals surface area contributed by atoms with Crippen LogP contribution >= 0.6 is 0 Å². The van der Waals surface area contributed by atoms with E-state index in [0.717, 1.165) is 24.2 Å². The number of likely N-dealkylation sites (tertiary alicyclic amines) is 1. The maximum atomic E-state index is 12.2. The summed E-state index contributed by atoms with van der Waals surface area (Å²) in [5.74, 6) is 0.865. The van der Waals surface area contributed by atoms with Crippen molar-refractivity contribution < 1.29 is 14.3 Å². The van der Waals surface area contributed by atoms with E-state index in [9.17, 15) is 4.79 Å². The van der Waals surface area contributed by atoms with Gasteiger partial charge in [0.15, 0.2) is 0 Å². The highest BCUT2D eigenvalue weighted by Crippen LogP contribution is 2.39. The van der Waals surface area contributed by atoms with E-state index < -0.39 is 5.60 Å².